The maximum absolute atomic E-state index is 12.5. The second-order valence-electron chi connectivity index (χ2n) is 8.34. The fourth-order valence-corrected chi connectivity index (χ4v) is 4.54. The molecule has 1 fully saturated rings. The number of carbonyl (C=O) groups is 1. The Hall–Kier alpha value is -3.87. The zero-order valence-corrected chi connectivity index (χ0v) is 18.6. The summed E-state index contributed by atoms with van der Waals surface area (Å²) in [7, 11) is 0. The number of likely N-dealkylation sites (tertiary alicyclic amines) is 1. The van der Waals surface area contributed by atoms with Gasteiger partial charge in [-0.25, -0.2) is 19.3 Å². The quantitative estimate of drug-likeness (QED) is 0.608. The summed E-state index contributed by atoms with van der Waals surface area (Å²) in [5.74, 6) is 0.0816. The highest BCUT2D eigenvalue weighted by molar-refractivity contribution is 5.95. The Morgan fingerprint density at radius 2 is 1.85 bits per heavy atom. The lowest BCUT2D eigenvalue weighted by Gasteiger charge is -2.20. The second-order valence-corrected chi connectivity index (χ2v) is 8.34. The third-order valence-corrected chi connectivity index (χ3v) is 6.27. The van der Waals surface area contributed by atoms with E-state index in [1.807, 2.05) is 18.2 Å². The maximum atomic E-state index is 12.5. The zero-order chi connectivity index (χ0) is 22.9. The van der Waals surface area contributed by atoms with Crippen molar-refractivity contribution in [2.75, 3.05) is 19.7 Å². The van der Waals surface area contributed by atoms with Gasteiger partial charge in [0.25, 0.3) is 0 Å². The van der Waals surface area contributed by atoms with Crippen LogP contribution in [0.3, 0.4) is 0 Å². The molecule has 2 aromatic carbocycles. The van der Waals surface area contributed by atoms with E-state index in [2.05, 4.69) is 45.9 Å². The number of hydrogen-bond donors (Lipinski definition) is 1. The average Bonchev–Trinajstić information content (AvgIpc) is 3.45. The number of ether oxygens (including phenoxy) is 1. The fraction of sp³-hybridized carbons (Fsp3) is 0.269. The van der Waals surface area contributed by atoms with E-state index in [-0.39, 0.29) is 18.7 Å². The van der Waals surface area contributed by atoms with E-state index >= 15 is 0 Å². The van der Waals surface area contributed by atoms with Gasteiger partial charge in [0.15, 0.2) is 0 Å². The molecule has 2 aliphatic rings. The summed E-state index contributed by atoms with van der Waals surface area (Å²) in [5.41, 5.74) is 5.81. The van der Waals surface area contributed by atoms with Crippen molar-refractivity contribution in [2.24, 2.45) is 0 Å². The predicted molar refractivity (Wildman–Crippen MR) is 128 cm³/mol. The molecule has 0 unspecified atom stereocenters. The molecule has 2 aliphatic heterocycles. The molecule has 0 bridgehead atoms. The van der Waals surface area contributed by atoms with Crippen molar-refractivity contribution in [1.29, 1.82) is 0 Å². The first-order valence-electron chi connectivity index (χ1n) is 11.3. The molecule has 5 rings (SSSR count). The molecule has 0 spiro atoms. The van der Waals surface area contributed by atoms with Crippen molar-refractivity contribution < 1.29 is 9.53 Å². The number of rotatable bonds is 5. The molecule has 0 amide bonds. The van der Waals surface area contributed by atoms with E-state index in [9.17, 15) is 9.59 Å². The number of carbonyl (C=O) groups excluding carboxylic acids is 1. The Kier molecular flexibility index (Phi) is 5.46. The Labute approximate surface area is 192 Å². The third-order valence-electron chi connectivity index (χ3n) is 6.27. The highest BCUT2D eigenvalue weighted by Crippen LogP contribution is 2.30. The van der Waals surface area contributed by atoms with Crippen molar-refractivity contribution >= 4 is 17.7 Å². The number of aromatic amines is 1. The van der Waals surface area contributed by atoms with Gasteiger partial charge in [-0.1, -0.05) is 36.9 Å². The SMILES string of the molecule is C=C(c1ccc(-c2ccc3c(c2)C=C(C(=O)OCC)Cc2n[nH]c(=O)n2-3)cc1)N1CCCC1. The van der Waals surface area contributed by atoms with Crippen LogP contribution in [0.4, 0.5) is 0 Å². The van der Waals surface area contributed by atoms with Crippen molar-refractivity contribution in [3.8, 4) is 16.8 Å². The second kappa shape index (κ2) is 8.58. The molecule has 1 N–H and O–H groups in total. The summed E-state index contributed by atoms with van der Waals surface area (Å²) in [5, 5.41) is 6.60. The van der Waals surface area contributed by atoms with Gasteiger partial charge in [-0.15, -0.1) is 0 Å². The summed E-state index contributed by atoms with van der Waals surface area (Å²) in [6, 6.07) is 14.2. The standard InChI is InChI=1S/C26H26N4O3/c1-3-33-25(31)22-15-21-14-20(10-11-23(21)30-24(16-22)27-28-26(30)32)19-8-6-18(7-9-19)17(2)29-12-4-5-13-29/h6-11,14-15H,2-5,12-13,16H2,1H3,(H,28,32). The van der Waals surface area contributed by atoms with Gasteiger partial charge < -0.3 is 9.64 Å². The zero-order valence-electron chi connectivity index (χ0n) is 18.6. The minimum absolute atomic E-state index is 0.217. The molecular formula is C26H26N4O3. The van der Waals surface area contributed by atoms with Gasteiger partial charge in [0.1, 0.15) is 5.82 Å². The lowest BCUT2D eigenvalue weighted by molar-refractivity contribution is -0.138. The Morgan fingerprint density at radius 3 is 2.58 bits per heavy atom. The first kappa shape index (κ1) is 21.0. The Morgan fingerprint density at radius 1 is 1.12 bits per heavy atom. The van der Waals surface area contributed by atoms with Crippen molar-refractivity contribution in [1.82, 2.24) is 19.7 Å². The van der Waals surface area contributed by atoms with Crippen LogP contribution in [0.25, 0.3) is 28.6 Å². The summed E-state index contributed by atoms with van der Waals surface area (Å²) < 4.78 is 6.74. The Bertz CT molecular complexity index is 1310. The number of hydrogen-bond acceptors (Lipinski definition) is 5. The fourth-order valence-electron chi connectivity index (χ4n) is 4.54. The normalized spacial score (nSPS) is 14.8. The number of H-pyrrole nitrogens is 1. The van der Waals surface area contributed by atoms with Crippen LogP contribution in [0, 0.1) is 0 Å². The van der Waals surface area contributed by atoms with Gasteiger partial charge in [-0.2, -0.15) is 5.10 Å². The van der Waals surface area contributed by atoms with Gasteiger partial charge in [-0.05, 0) is 60.2 Å². The maximum Gasteiger partial charge on any atom is 0.347 e. The molecule has 0 radical (unpaired) electrons. The number of esters is 1. The first-order valence-corrected chi connectivity index (χ1v) is 11.3. The van der Waals surface area contributed by atoms with Crippen LogP contribution >= 0.6 is 0 Å². The lowest BCUT2D eigenvalue weighted by Crippen LogP contribution is -2.17. The van der Waals surface area contributed by atoms with Crippen molar-refractivity contribution in [3.63, 3.8) is 0 Å². The minimum Gasteiger partial charge on any atom is -0.463 e. The van der Waals surface area contributed by atoms with Crippen LogP contribution in [0.5, 0.6) is 0 Å². The van der Waals surface area contributed by atoms with Gasteiger partial charge in [0.2, 0.25) is 0 Å². The van der Waals surface area contributed by atoms with Crippen LogP contribution in [-0.2, 0) is 16.0 Å². The van der Waals surface area contributed by atoms with E-state index < -0.39 is 5.97 Å². The van der Waals surface area contributed by atoms with E-state index in [0.29, 0.717) is 17.1 Å². The molecular weight excluding hydrogens is 416 g/mol. The summed E-state index contributed by atoms with van der Waals surface area (Å²) >= 11 is 0. The monoisotopic (exact) mass is 442 g/mol. The molecule has 33 heavy (non-hydrogen) atoms. The molecule has 1 saturated heterocycles. The number of fused-ring (bicyclic) bond motifs is 3. The molecule has 0 saturated carbocycles. The molecule has 0 atom stereocenters. The van der Waals surface area contributed by atoms with E-state index in [1.54, 1.807) is 13.0 Å². The van der Waals surface area contributed by atoms with Crippen molar-refractivity contribution in [3.05, 3.63) is 82.1 Å². The molecule has 7 heteroatoms. The summed E-state index contributed by atoms with van der Waals surface area (Å²) in [4.78, 5) is 27.3. The van der Waals surface area contributed by atoms with E-state index in [1.165, 1.54) is 17.4 Å². The number of aromatic nitrogens is 3. The topological polar surface area (TPSA) is 80.2 Å². The molecule has 1 aromatic heterocycles. The number of nitrogens with one attached hydrogen (secondary N) is 1. The number of nitrogens with zero attached hydrogens (tertiary/aromatic N) is 3. The molecule has 0 aliphatic carbocycles. The smallest absolute Gasteiger partial charge is 0.347 e. The predicted octanol–water partition coefficient (Wildman–Crippen LogP) is 3.80. The van der Waals surface area contributed by atoms with Gasteiger partial charge in [0, 0.05) is 30.8 Å². The van der Waals surface area contributed by atoms with Crippen LogP contribution < -0.4 is 5.69 Å². The van der Waals surface area contributed by atoms with Gasteiger partial charge in [-0.3, -0.25) is 0 Å². The molecule has 168 valence electrons. The van der Waals surface area contributed by atoms with Crippen LogP contribution in [0.2, 0.25) is 0 Å². The third kappa shape index (κ3) is 3.91. The van der Waals surface area contributed by atoms with E-state index in [0.717, 1.165) is 41.0 Å². The highest BCUT2D eigenvalue weighted by atomic mass is 16.5. The minimum atomic E-state index is -0.400. The average molecular weight is 443 g/mol. The van der Waals surface area contributed by atoms with Gasteiger partial charge in [0.05, 0.1) is 12.3 Å². The summed E-state index contributed by atoms with van der Waals surface area (Å²) in [6.45, 7) is 8.46. The van der Waals surface area contributed by atoms with Crippen LogP contribution in [0.15, 0.2) is 59.4 Å². The van der Waals surface area contributed by atoms with Crippen LogP contribution in [0.1, 0.15) is 36.7 Å². The molecule has 3 aromatic rings. The largest absolute Gasteiger partial charge is 0.463 e. The number of benzene rings is 2. The van der Waals surface area contributed by atoms with Gasteiger partial charge >= 0.3 is 11.7 Å². The lowest BCUT2D eigenvalue weighted by atomic mass is 9.99. The molecule has 3 heterocycles. The first-order chi connectivity index (χ1) is 16.0. The van der Waals surface area contributed by atoms with E-state index in [4.69, 9.17) is 4.74 Å². The van der Waals surface area contributed by atoms with Crippen LogP contribution in [-0.4, -0.2) is 45.3 Å². The highest BCUT2D eigenvalue weighted by Gasteiger charge is 2.23. The van der Waals surface area contributed by atoms with Crippen molar-refractivity contribution in [2.45, 2.75) is 26.2 Å². The summed E-state index contributed by atoms with van der Waals surface area (Å²) in [6.07, 6.45) is 4.45. The molecule has 7 nitrogen and oxygen atoms in total. The Balaban J connectivity index is 1.52.